The maximum absolute atomic E-state index is 12.2. The Morgan fingerprint density at radius 3 is 2.92 bits per heavy atom. The zero-order valence-electron chi connectivity index (χ0n) is 13.0. The monoisotopic (exact) mass is 344 g/mol. The summed E-state index contributed by atoms with van der Waals surface area (Å²) in [6.45, 7) is 0.699. The van der Waals surface area contributed by atoms with Crippen LogP contribution in [0, 0.1) is 0 Å². The van der Waals surface area contributed by atoms with Gasteiger partial charge in [0, 0.05) is 12.4 Å². The molecule has 1 aromatic carbocycles. The number of aromatic amines is 1. The number of H-pyrrole nitrogens is 1. The number of nitrogens with one attached hydrogen (secondary N) is 1. The number of aromatic nitrogens is 5. The minimum atomic E-state index is -0.0550. The van der Waals surface area contributed by atoms with Crippen molar-refractivity contribution in [3.8, 4) is 5.75 Å². The van der Waals surface area contributed by atoms with Crippen LogP contribution in [0.2, 0.25) is 0 Å². The highest BCUT2D eigenvalue weighted by Gasteiger charge is 2.14. The van der Waals surface area contributed by atoms with Gasteiger partial charge in [-0.2, -0.15) is 5.21 Å². The highest BCUT2D eigenvalue weighted by molar-refractivity contribution is 7.09. The van der Waals surface area contributed by atoms with Gasteiger partial charge in [0.05, 0.1) is 18.7 Å². The third-order valence-electron chi connectivity index (χ3n) is 3.23. The van der Waals surface area contributed by atoms with Gasteiger partial charge in [0.1, 0.15) is 17.4 Å². The van der Waals surface area contributed by atoms with Crippen molar-refractivity contribution in [3.63, 3.8) is 0 Å². The Kier molecular flexibility index (Phi) is 5.12. The van der Waals surface area contributed by atoms with E-state index in [4.69, 9.17) is 4.74 Å². The fourth-order valence-electron chi connectivity index (χ4n) is 2.00. The molecule has 3 rings (SSSR count). The number of benzene rings is 1. The fourth-order valence-corrected chi connectivity index (χ4v) is 2.70. The van der Waals surface area contributed by atoms with E-state index in [2.05, 4.69) is 25.6 Å². The molecule has 0 saturated carbocycles. The normalized spacial score (nSPS) is 10.5. The van der Waals surface area contributed by atoms with E-state index in [0.29, 0.717) is 19.0 Å². The lowest BCUT2D eigenvalue weighted by Gasteiger charge is -2.13. The van der Waals surface area contributed by atoms with Crippen LogP contribution in [0.25, 0.3) is 0 Å². The molecule has 0 aliphatic heterocycles. The predicted octanol–water partition coefficient (Wildman–Crippen LogP) is 1.44. The topological polar surface area (TPSA) is 96.9 Å². The van der Waals surface area contributed by atoms with Gasteiger partial charge in [0.2, 0.25) is 5.91 Å². The first-order chi connectivity index (χ1) is 11.7. The van der Waals surface area contributed by atoms with Crippen molar-refractivity contribution in [1.82, 2.24) is 30.5 Å². The summed E-state index contributed by atoms with van der Waals surface area (Å²) in [4.78, 5) is 18.2. The van der Waals surface area contributed by atoms with Crippen molar-refractivity contribution in [2.24, 2.45) is 0 Å². The van der Waals surface area contributed by atoms with E-state index in [1.54, 1.807) is 11.9 Å². The molecule has 24 heavy (non-hydrogen) atoms. The maximum Gasteiger partial charge on any atom is 0.228 e. The number of thiazole rings is 1. The average molecular weight is 344 g/mol. The lowest BCUT2D eigenvalue weighted by atomic mass is 10.3. The highest BCUT2D eigenvalue weighted by Crippen LogP contribution is 2.15. The largest absolute Gasteiger partial charge is 0.486 e. The van der Waals surface area contributed by atoms with E-state index in [1.165, 1.54) is 11.3 Å². The molecule has 0 aliphatic carbocycles. The van der Waals surface area contributed by atoms with Gasteiger partial charge in [0.15, 0.2) is 5.82 Å². The van der Waals surface area contributed by atoms with Crippen LogP contribution in [0.15, 0.2) is 35.7 Å². The molecule has 8 nitrogen and oxygen atoms in total. The van der Waals surface area contributed by atoms with Gasteiger partial charge in [-0.3, -0.25) is 4.79 Å². The van der Waals surface area contributed by atoms with Crippen molar-refractivity contribution >= 4 is 17.2 Å². The molecule has 0 spiro atoms. The molecule has 2 heterocycles. The van der Waals surface area contributed by atoms with Crippen LogP contribution in [0.1, 0.15) is 16.5 Å². The van der Waals surface area contributed by atoms with Crippen LogP contribution < -0.4 is 4.74 Å². The summed E-state index contributed by atoms with van der Waals surface area (Å²) in [5.74, 6) is 1.21. The van der Waals surface area contributed by atoms with Crippen molar-refractivity contribution in [2.75, 3.05) is 7.05 Å². The number of tetrazole rings is 1. The molecule has 0 bridgehead atoms. The molecule has 0 atom stereocenters. The summed E-state index contributed by atoms with van der Waals surface area (Å²) < 4.78 is 5.65. The standard InChI is InChI=1S/C15H16N6O2S/c1-21(8-13-17-19-20-18-13)15(22)7-11-10-24-14(16-11)9-23-12-5-3-2-4-6-12/h2-6,10H,7-9H2,1H3,(H,17,18,19,20). The van der Waals surface area contributed by atoms with Gasteiger partial charge in [-0.05, 0) is 12.1 Å². The molecule has 1 N–H and O–H groups in total. The van der Waals surface area contributed by atoms with Crippen LogP contribution >= 0.6 is 11.3 Å². The number of ether oxygens (including phenoxy) is 1. The summed E-state index contributed by atoms with van der Waals surface area (Å²) in [6.07, 6.45) is 0.232. The fraction of sp³-hybridized carbons (Fsp3) is 0.267. The minimum Gasteiger partial charge on any atom is -0.486 e. The molecule has 0 saturated heterocycles. The number of hydrogen-bond acceptors (Lipinski definition) is 7. The third kappa shape index (κ3) is 4.35. The van der Waals surface area contributed by atoms with Gasteiger partial charge in [-0.15, -0.1) is 21.5 Å². The first-order valence-electron chi connectivity index (χ1n) is 7.28. The number of rotatable bonds is 7. The van der Waals surface area contributed by atoms with E-state index in [1.807, 2.05) is 35.7 Å². The van der Waals surface area contributed by atoms with Crippen LogP contribution in [0.4, 0.5) is 0 Å². The summed E-state index contributed by atoms with van der Waals surface area (Å²) in [5, 5.41) is 16.2. The number of para-hydroxylation sites is 1. The first-order valence-corrected chi connectivity index (χ1v) is 8.16. The third-order valence-corrected chi connectivity index (χ3v) is 4.10. The summed E-state index contributed by atoms with van der Waals surface area (Å²) in [5.41, 5.74) is 0.733. The van der Waals surface area contributed by atoms with E-state index in [-0.39, 0.29) is 12.3 Å². The second-order valence-corrected chi connectivity index (χ2v) is 6.03. The predicted molar refractivity (Wildman–Crippen MR) is 87.2 cm³/mol. The Bertz CT molecular complexity index is 774. The van der Waals surface area contributed by atoms with E-state index in [9.17, 15) is 4.79 Å². The second-order valence-electron chi connectivity index (χ2n) is 5.09. The number of carbonyl (C=O) groups excluding carboxylic acids is 1. The van der Waals surface area contributed by atoms with E-state index < -0.39 is 0 Å². The molecular formula is C15H16N6O2S. The van der Waals surface area contributed by atoms with Crippen LogP contribution in [-0.4, -0.2) is 43.5 Å². The smallest absolute Gasteiger partial charge is 0.228 e. The molecule has 124 valence electrons. The molecule has 0 radical (unpaired) electrons. The molecule has 1 amide bonds. The summed E-state index contributed by atoms with van der Waals surface area (Å²) >= 11 is 1.48. The Hall–Kier alpha value is -2.81. The zero-order valence-corrected chi connectivity index (χ0v) is 13.9. The minimum absolute atomic E-state index is 0.0550. The molecule has 0 unspecified atom stereocenters. The number of amides is 1. The van der Waals surface area contributed by atoms with Gasteiger partial charge in [-0.25, -0.2) is 4.98 Å². The number of nitrogens with zero attached hydrogens (tertiary/aromatic N) is 5. The van der Waals surface area contributed by atoms with Crippen LogP contribution in [0.5, 0.6) is 5.75 Å². The Labute approximate surface area is 142 Å². The van der Waals surface area contributed by atoms with Crippen molar-refractivity contribution in [1.29, 1.82) is 0 Å². The van der Waals surface area contributed by atoms with Crippen LogP contribution in [0.3, 0.4) is 0 Å². The van der Waals surface area contributed by atoms with Crippen molar-refractivity contribution in [2.45, 2.75) is 19.6 Å². The summed E-state index contributed by atoms with van der Waals surface area (Å²) in [6, 6.07) is 9.56. The lowest BCUT2D eigenvalue weighted by Crippen LogP contribution is -2.28. The zero-order chi connectivity index (χ0) is 16.8. The molecule has 3 aromatic rings. The van der Waals surface area contributed by atoms with Crippen molar-refractivity contribution in [3.05, 3.63) is 52.2 Å². The number of carbonyl (C=O) groups is 1. The molecule has 2 aromatic heterocycles. The first kappa shape index (κ1) is 16.1. The molecular weight excluding hydrogens is 328 g/mol. The van der Waals surface area contributed by atoms with Gasteiger partial charge in [-0.1, -0.05) is 23.4 Å². The SMILES string of the molecule is CN(Cc1nn[nH]n1)C(=O)Cc1csc(COc2ccccc2)n1. The maximum atomic E-state index is 12.2. The Morgan fingerprint density at radius 2 is 2.17 bits per heavy atom. The lowest BCUT2D eigenvalue weighted by molar-refractivity contribution is -0.129. The second kappa shape index (κ2) is 7.64. The van der Waals surface area contributed by atoms with Crippen LogP contribution in [-0.2, 0) is 24.4 Å². The highest BCUT2D eigenvalue weighted by atomic mass is 32.1. The van der Waals surface area contributed by atoms with E-state index >= 15 is 0 Å². The quantitative estimate of drug-likeness (QED) is 0.696. The molecule has 0 fully saturated rings. The summed E-state index contributed by atoms with van der Waals surface area (Å²) in [7, 11) is 1.70. The van der Waals surface area contributed by atoms with E-state index in [0.717, 1.165) is 16.5 Å². The van der Waals surface area contributed by atoms with Gasteiger partial charge in [0.25, 0.3) is 0 Å². The number of likely N-dealkylation sites (N-methyl/N-ethyl adjacent to an activating group) is 1. The van der Waals surface area contributed by atoms with Gasteiger partial charge < -0.3 is 9.64 Å². The number of hydrogen-bond donors (Lipinski definition) is 1. The molecule has 9 heteroatoms. The Balaban J connectivity index is 1.50. The molecule has 0 aliphatic rings. The van der Waals surface area contributed by atoms with Gasteiger partial charge >= 0.3 is 0 Å². The Morgan fingerprint density at radius 1 is 1.33 bits per heavy atom. The van der Waals surface area contributed by atoms with Crippen molar-refractivity contribution < 1.29 is 9.53 Å². The average Bonchev–Trinajstić information content (AvgIpc) is 3.26.